The van der Waals surface area contributed by atoms with Crippen LogP contribution in [0.4, 0.5) is 0 Å². The van der Waals surface area contributed by atoms with Crippen molar-refractivity contribution in [2.24, 2.45) is 0 Å². The molecule has 216 valence electrons. The Balaban J connectivity index is 3.39. The highest BCUT2D eigenvalue weighted by Gasteiger charge is 2.23. The summed E-state index contributed by atoms with van der Waals surface area (Å²) in [6, 6.07) is 0. The van der Waals surface area contributed by atoms with E-state index in [1.165, 1.54) is 115 Å². The van der Waals surface area contributed by atoms with E-state index < -0.39 is 7.26 Å². The molecule has 0 unspecified atom stereocenters. The minimum Gasteiger partial charge on any atom is -0.494 e. The molecular weight excluding hydrogens is 471 g/mol. The first-order valence-corrected chi connectivity index (χ1v) is 18.5. The average Bonchev–Trinajstić information content (AvgIpc) is 2.84. The maximum absolute atomic E-state index is 5.58. The Kier molecular flexibility index (Phi) is 23.4. The average molecular weight is 536 g/mol. The lowest BCUT2D eigenvalue weighted by molar-refractivity contribution is 0.214. The van der Waals surface area contributed by atoms with Gasteiger partial charge in [-0.1, -0.05) is 103 Å². The third kappa shape index (κ3) is 25.0. The number of ether oxygens (including phenoxy) is 2. The summed E-state index contributed by atoms with van der Waals surface area (Å²) in [4.78, 5) is 0. The molecule has 3 heteroatoms. The van der Waals surface area contributed by atoms with Gasteiger partial charge in [0, 0.05) is 20.6 Å². The standard InChI is InChI=1S/C34H64O2P/c1-31(2)33(5)35-27-23-19-15-11-9-13-17-21-25-29-37(7,8)30-26-22-18-14-10-12-16-20-24-28-36-34(6)32(3)4/h1,3,5-6,9-30H2,2,4,7-8H3/q+1. The SMILES string of the molecule is C=C(C)C(=C)OCCCCCCCCCCC[P+](C)(C)CCCCCCCCCCCOC(=C)C(=C)C. The predicted octanol–water partition coefficient (Wildman–Crippen LogP) is 11.5. The molecule has 0 radical (unpaired) electrons. The molecule has 2 nitrogen and oxygen atoms in total. The number of hydrogen-bond donors (Lipinski definition) is 0. The molecule has 0 aliphatic carbocycles. The maximum Gasteiger partial charge on any atom is 0.114 e. The molecular formula is C34H64O2P+. The predicted molar refractivity (Wildman–Crippen MR) is 171 cm³/mol. The van der Waals surface area contributed by atoms with Crippen LogP contribution in [-0.2, 0) is 9.47 Å². The van der Waals surface area contributed by atoms with Gasteiger partial charge < -0.3 is 9.47 Å². The van der Waals surface area contributed by atoms with Crippen LogP contribution < -0.4 is 0 Å². The van der Waals surface area contributed by atoms with Gasteiger partial charge in [0.05, 0.1) is 25.5 Å². The summed E-state index contributed by atoms with van der Waals surface area (Å²) < 4.78 is 11.2. The number of unbranched alkanes of at least 4 members (excludes halogenated alkanes) is 16. The van der Waals surface area contributed by atoms with Crippen molar-refractivity contribution in [1.82, 2.24) is 0 Å². The molecule has 0 bridgehead atoms. The van der Waals surface area contributed by atoms with Gasteiger partial charge in [0.25, 0.3) is 0 Å². The molecule has 0 rings (SSSR count). The van der Waals surface area contributed by atoms with Gasteiger partial charge in [-0.05, 0) is 63.5 Å². The van der Waals surface area contributed by atoms with Gasteiger partial charge in [0.2, 0.25) is 0 Å². The maximum atomic E-state index is 5.58. The second-order valence-corrected chi connectivity index (χ2v) is 16.6. The molecule has 0 spiro atoms. The van der Waals surface area contributed by atoms with Crippen LogP contribution in [0.15, 0.2) is 49.0 Å². The van der Waals surface area contributed by atoms with Crippen molar-refractivity contribution in [2.75, 3.05) is 38.9 Å². The van der Waals surface area contributed by atoms with E-state index in [0.717, 1.165) is 48.7 Å². The van der Waals surface area contributed by atoms with Crippen LogP contribution in [0.2, 0.25) is 0 Å². The summed E-state index contributed by atoms with van der Waals surface area (Å²) >= 11 is 0. The molecule has 0 aromatic carbocycles. The van der Waals surface area contributed by atoms with Crippen LogP contribution in [0.5, 0.6) is 0 Å². The van der Waals surface area contributed by atoms with E-state index in [1.54, 1.807) is 0 Å². The summed E-state index contributed by atoms with van der Waals surface area (Å²) in [7, 11) is -0.671. The summed E-state index contributed by atoms with van der Waals surface area (Å²) in [6.45, 7) is 26.1. The fourth-order valence-corrected chi connectivity index (χ4v) is 6.89. The second-order valence-electron chi connectivity index (χ2n) is 11.9. The first kappa shape index (κ1) is 36.0. The van der Waals surface area contributed by atoms with Crippen LogP contribution >= 0.6 is 7.26 Å². The molecule has 0 atom stereocenters. The van der Waals surface area contributed by atoms with Gasteiger partial charge in [-0.25, -0.2) is 0 Å². The minimum absolute atomic E-state index is 0.671. The Hall–Kier alpha value is -1.01. The molecule has 0 amide bonds. The first-order valence-electron chi connectivity index (χ1n) is 15.4. The molecule has 0 N–H and O–H groups in total. The van der Waals surface area contributed by atoms with Crippen molar-refractivity contribution in [1.29, 1.82) is 0 Å². The Bertz CT molecular complexity index is 567. The van der Waals surface area contributed by atoms with E-state index in [4.69, 9.17) is 9.47 Å². The zero-order chi connectivity index (χ0) is 27.8. The smallest absolute Gasteiger partial charge is 0.114 e. The van der Waals surface area contributed by atoms with Crippen LogP contribution in [0, 0.1) is 0 Å². The zero-order valence-electron chi connectivity index (χ0n) is 25.6. The summed E-state index contributed by atoms with van der Waals surface area (Å²) in [5.41, 5.74) is 1.87. The molecule has 0 aliphatic heterocycles. The van der Waals surface area contributed by atoms with Gasteiger partial charge >= 0.3 is 0 Å². The Labute approximate surface area is 233 Å². The molecule has 0 aliphatic rings. The van der Waals surface area contributed by atoms with Crippen molar-refractivity contribution in [3.05, 3.63) is 49.0 Å². The molecule has 0 saturated heterocycles. The van der Waals surface area contributed by atoms with Crippen molar-refractivity contribution in [2.45, 2.75) is 129 Å². The quantitative estimate of drug-likeness (QED) is 0.0429. The highest BCUT2D eigenvalue weighted by molar-refractivity contribution is 7.74. The van der Waals surface area contributed by atoms with E-state index in [9.17, 15) is 0 Å². The monoisotopic (exact) mass is 535 g/mol. The Morgan fingerprint density at radius 3 is 0.946 bits per heavy atom. The fourth-order valence-electron chi connectivity index (χ4n) is 4.51. The molecule has 0 aromatic rings. The van der Waals surface area contributed by atoms with E-state index in [1.807, 2.05) is 13.8 Å². The lowest BCUT2D eigenvalue weighted by Gasteiger charge is -2.18. The van der Waals surface area contributed by atoms with Crippen molar-refractivity contribution < 1.29 is 9.47 Å². The molecule has 37 heavy (non-hydrogen) atoms. The van der Waals surface area contributed by atoms with Gasteiger partial charge in [-0.2, -0.15) is 0 Å². The second kappa shape index (κ2) is 24.1. The first-order chi connectivity index (χ1) is 17.7. The summed E-state index contributed by atoms with van der Waals surface area (Å²) in [6.07, 6.45) is 27.5. The highest BCUT2D eigenvalue weighted by atomic mass is 31.2. The largest absolute Gasteiger partial charge is 0.494 e. The molecule has 0 saturated carbocycles. The molecule has 0 fully saturated rings. The van der Waals surface area contributed by atoms with E-state index >= 15 is 0 Å². The zero-order valence-corrected chi connectivity index (χ0v) is 26.5. The van der Waals surface area contributed by atoms with Gasteiger partial charge in [-0.3, -0.25) is 0 Å². The topological polar surface area (TPSA) is 18.5 Å². The minimum atomic E-state index is -0.671. The summed E-state index contributed by atoms with van der Waals surface area (Å²) in [5, 5.41) is 0. The third-order valence-corrected chi connectivity index (χ3v) is 10.4. The van der Waals surface area contributed by atoms with Crippen molar-refractivity contribution >= 4 is 7.26 Å². The Morgan fingerprint density at radius 1 is 0.432 bits per heavy atom. The van der Waals surface area contributed by atoms with Crippen LogP contribution in [0.1, 0.15) is 129 Å². The molecule has 0 aromatic heterocycles. The van der Waals surface area contributed by atoms with E-state index in [0.29, 0.717) is 0 Å². The number of hydrogen-bond acceptors (Lipinski definition) is 2. The lowest BCUT2D eigenvalue weighted by Crippen LogP contribution is -2.01. The van der Waals surface area contributed by atoms with Crippen LogP contribution in [-0.4, -0.2) is 38.9 Å². The van der Waals surface area contributed by atoms with Gasteiger partial charge in [0.15, 0.2) is 0 Å². The fraction of sp³-hybridized carbons (Fsp3) is 0.765. The summed E-state index contributed by atoms with van der Waals surface area (Å²) in [5.74, 6) is 1.49. The van der Waals surface area contributed by atoms with Crippen LogP contribution in [0.3, 0.4) is 0 Å². The van der Waals surface area contributed by atoms with Crippen molar-refractivity contribution in [3.8, 4) is 0 Å². The third-order valence-electron chi connectivity index (χ3n) is 7.32. The van der Waals surface area contributed by atoms with Gasteiger partial charge in [0.1, 0.15) is 11.5 Å². The highest BCUT2D eigenvalue weighted by Crippen LogP contribution is 2.52. The van der Waals surface area contributed by atoms with E-state index in [-0.39, 0.29) is 0 Å². The molecule has 0 heterocycles. The number of allylic oxidation sites excluding steroid dienone is 2. The van der Waals surface area contributed by atoms with E-state index in [2.05, 4.69) is 39.6 Å². The normalized spacial score (nSPS) is 11.4. The van der Waals surface area contributed by atoms with Crippen molar-refractivity contribution in [3.63, 3.8) is 0 Å². The van der Waals surface area contributed by atoms with Gasteiger partial charge in [-0.15, -0.1) is 0 Å². The Morgan fingerprint density at radius 2 is 0.676 bits per heavy atom. The van der Waals surface area contributed by atoms with Crippen LogP contribution in [0.25, 0.3) is 0 Å². The lowest BCUT2D eigenvalue weighted by atomic mass is 10.1. The number of rotatable bonds is 28.